The molecule has 0 radical (unpaired) electrons. The van der Waals surface area contributed by atoms with Crippen LogP contribution in [-0.2, 0) is 21.0 Å². The van der Waals surface area contributed by atoms with E-state index in [1.54, 1.807) is 18.2 Å². The maximum Gasteiger partial charge on any atom is 0.258 e. The Balaban J connectivity index is 1.73. The smallest absolute Gasteiger partial charge is 0.258 e. The number of nitrogens with zero attached hydrogens (tertiary/aromatic N) is 3. The fourth-order valence-electron chi connectivity index (χ4n) is 3.36. The summed E-state index contributed by atoms with van der Waals surface area (Å²) in [5, 5.41) is 8.27. The minimum Gasteiger partial charge on any atom is -0.335 e. The fraction of sp³-hybridized carbons (Fsp3) is 0.292. The second kappa shape index (κ2) is 13.7. The number of hydrazine groups is 1. The summed E-state index contributed by atoms with van der Waals surface area (Å²) in [7, 11) is 0. The van der Waals surface area contributed by atoms with Gasteiger partial charge >= 0.3 is 0 Å². The molecule has 1 atom stereocenters. The minimum atomic E-state index is -2.62. The molecule has 0 aliphatic rings. The van der Waals surface area contributed by atoms with Crippen molar-refractivity contribution in [3.63, 3.8) is 0 Å². The number of rotatable bonds is 14. The Morgan fingerprint density at radius 3 is 2.62 bits per heavy atom. The third kappa shape index (κ3) is 8.02. The summed E-state index contributed by atoms with van der Waals surface area (Å²) in [6.07, 6.45) is -2.28. The molecule has 0 bridgehead atoms. The molecule has 2 N–H and O–H groups in total. The molecular weight excluding hydrogens is 515 g/mol. The van der Waals surface area contributed by atoms with Crippen molar-refractivity contribution in [3.05, 3.63) is 71.0 Å². The van der Waals surface area contributed by atoms with Gasteiger partial charge in [0.25, 0.3) is 12.3 Å². The summed E-state index contributed by atoms with van der Waals surface area (Å²) < 4.78 is 44.4. The first kappa shape index (κ1) is 28.1. The van der Waals surface area contributed by atoms with Crippen LogP contribution in [0.25, 0.3) is 11.3 Å². The predicted molar refractivity (Wildman–Crippen MR) is 130 cm³/mol. The Morgan fingerprint density at radius 1 is 1.19 bits per heavy atom. The van der Waals surface area contributed by atoms with E-state index in [-0.39, 0.29) is 30.6 Å². The topological polar surface area (TPSA) is 99.9 Å². The number of aromatic nitrogens is 1. The summed E-state index contributed by atoms with van der Waals surface area (Å²) >= 11 is 5.99. The molecule has 9 nitrogen and oxygen atoms in total. The van der Waals surface area contributed by atoms with E-state index in [1.807, 2.05) is 18.2 Å². The van der Waals surface area contributed by atoms with Crippen molar-refractivity contribution < 1.29 is 32.1 Å². The van der Waals surface area contributed by atoms with E-state index in [0.29, 0.717) is 17.7 Å². The molecular formula is C24H25ClF3N5O4. The molecule has 0 saturated carbocycles. The molecule has 1 heterocycles. The maximum atomic E-state index is 13.8. The number of nitrogens with one attached hydrogen (secondary N) is 2. The van der Waals surface area contributed by atoms with Crippen molar-refractivity contribution in [2.24, 2.45) is 0 Å². The molecule has 0 aliphatic heterocycles. The van der Waals surface area contributed by atoms with Gasteiger partial charge in [-0.25, -0.2) is 18.6 Å². The van der Waals surface area contributed by atoms with Gasteiger partial charge in [-0.3, -0.25) is 19.4 Å². The van der Waals surface area contributed by atoms with E-state index >= 15 is 0 Å². The van der Waals surface area contributed by atoms with E-state index in [4.69, 9.17) is 21.0 Å². The van der Waals surface area contributed by atoms with Crippen LogP contribution in [0.4, 0.5) is 19.1 Å². The maximum absolute atomic E-state index is 13.8. The quantitative estimate of drug-likeness (QED) is 0.237. The standard InChI is InChI=1S/C24H25ClF3N5O4/c1-16(35)33(30-11-18-8-5-9-20(26)24(18)25)19(12-29-13-22(27)28)14-36-32(15-34)23-10-21(31-37-23)17-6-3-2-4-7-17/h2-10,15,19,22,29-30H,11-14H2,1H3/t19-/m0/s1. The number of carbonyl (C=O) groups excluding carboxylic acids is 2. The van der Waals surface area contributed by atoms with Crippen LogP contribution in [-0.4, -0.2) is 54.6 Å². The van der Waals surface area contributed by atoms with Crippen LogP contribution >= 0.6 is 11.6 Å². The number of hydroxylamine groups is 1. The number of carbonyl (C=O) groups is 2. The number of alkyl halides is 2. The average molecular weight is 540 g/mol. The monoisotopic (exact) mass is 539 g/mol. The number of anilines is 1. The Hall–Kier alpha value is -3.45. The lowest BCUT2D eigenvalue weighted by molar-refractivity contribution is -0.137. The van der Waals surface area contributed by atoms with Crippen molar-refractivity contribution in [2.75, 3.05) is 24.8 Å². The molecule has 1 aromatic heterocycles. The molecule has 0 aliphatic carbocycles. The normalized spacial score (nSPS) is 11.9. The minimum absolute atomic E-state index is 0.0259. The van der Waals surface area contributed by atoms with Gasteiger partial charge in [0.15, 0.2) is 0 Å². The molecule has 0 saturated heterocycles. The van der Waals surface area contributed by atoms with E-state index in [2.05, 4.69) is 15.9 Å². The zero-order valence-electron chi connectivity index (χ0n) is 19.7. The highest BCUT2D eigenvalue weighted by Gasteiger charge is 2.25. The van der Waals surface area contributed by atoms with Crippen molar-refractivity contribution in [3.8, 4) is 11.3 Å². The number of halogens is 4. The molecule has 0 unspecified atom stereocenters. The summed E-state index contributed by atoms with van der Waals surface area (Å²) in [6, 6.07) is 13.9. The number of hydrogen-bond donors (Lipinski definition) is 2. The van der Waals surface area contributed by atoms with Crippen molar-refractivity contribution in [1.82, 2.24) is 20.9 Å². The van der Waals surface area contributed by atoms with Gasteiger partial charge in [0.05, 0.1) is 24.2 Å². The summed E-state index contributed by atoms with van der Waals surface area (Å²) in [5.41, 5.74) is 4.41. The van der Waals surface area contributed by atoms with Gasteiger partial charge in [-0.2, -0.15) is 5.06 Å². The lowest BCUT2D eigenvalue weighted by Crippen LogP contribution is -2.55. The van der Waals surface area contributed by atoms with E-state index in [0.717, 1.165) is 15.6 Å². The summed E-state index contributed by atoms with van der Waals surface area (Å²) in [5.74, 6) is -1.14. The van der Waals surface area contributed by atoms with Crippen LogP contribution in [0.1, 0.15) is 12.5 Å². The lowest BCUT2D eigenvalue weighted by Gasteiger charge is -2.32. The van der Waals surface area contributed by atoms with Crippen molar-refractivity contribution in [2.45, 2.75) is 25.9 Å². The summed E-state index contributed by atoms with van der Waals surface area (Å²) in [6.45, 7) is 0.158. The highest BCUT2D eigenvalue weighted by atomic mass is 35.5. The Kier molecular flexibility index (Phi) is 10.4. The van der Waals surface area contributed by atoms with Crippen molar-refractivity contribution >= 4 is 29.8 Å². The first-order valence-corrected chi connectivity index (χ1v) is 11.5. The SMILES string of the molecule is CC(=O)N(NCc1cccc(F)c1Cl)[C@@H](CNCC(F)F)CON(C=O)c1cc(-c2ccccc2)no1. The molecule has 198 valence electrons. The van der Waals surface area contributed by atoms with Crippen LogP contribution in [0.15, 0.2) is 59.1 Å². The van der Waals surface area contributed by atoms with Gasteiger partial charge in [-0.15, -0.1) is 0 Å². The van der Waals surface area contributed by atoms with Gasteiger partial charge in [-0.1, -0.05) is 59.2 Å². The largest absolute Gasteiger partial charge is 0.335 e. The first-order chi connectivity index (χ1) is 17.8. The molecule has 13 heteroatoms. The zero-order valence-corrected chi connectivity index (χ0v) is 20.5. The summed E-state index contributed by atoms with van der Waals surface area (Å²) in [4.78, 5) is 29.7. The Bertz CT molecular complexity index is 1170. The van der Waals surface area contributed by atoms with E-state index in [1.165, 1.54) is 25.1 Å². The van der Waals surface area contributed by atoms with E-state index < -0.39 is 30.7 Å². The van der Waals surface area contributed by atoms with Gasteiger partial charge in [-0.05, 0) is 11.6 Å². The number of amides is 2. The lowest BCUT2D eigenvalue weighted by atomic mass is 10.2. The fourth-order valence-corrected chi connectivity index (χ4v) is 3.56. The molecule has 0 fully saturated rings. The predicted octanol–water partition coefficient (Wildman–Crippen LogP) is 3.81. The van der Waals surface area contributed by atoms with Crippen LogP contribution in [0.5, 0.6) is 0 Å². The zero-order chi connectivity index (χ0) is 26.8. The molecule has 3 rings (SSSR count). The van der Waals surface area contributed by atoms with Crippen LogP contribution in [0, 0.1) is 5.82 Å². The van der Waals surface area contributed by atoms with Crippen LogP contribution < -0.4 is 15.8 Å². The average Bonchev–Trinajstić information content (AvgIpc) is 3.37. The van der Waals surface area contributed by atoms with Gasteiger partial charge in [0.1, 0.15) is 11.5 Å². The second-order valence-corrected chi connectivity index (χ2v) is 8.16. The molecule has 37 heavy (non-hydrogen) atoms. The third-order valence-corrected chi connectivity index (χ3v) is 5.56. The molecule has 0 spiro atoms. The molecule has 2 amide bonds. The molecule has 2 aromatic carbocycles. The Labute approximate surface area is 216 Å². The van der Waals surface area contributed by atoms with Crippen LogP contribution in [0.2, 0.25) is 5.02 Å². The highest BCUT2D eigenvalue weighted by Crippen LogP contribution is 2.24. The highest BCUT2D eigenvalue weighted by molar-refractivity contribution is 6.31. The Morgan fingerprint density at radius 2 is 1.95 bits per heavy atom. The third-order valence-electron chi connectivity index (χ3n) is 5.14. The molecule has 3 aromatic rings. The number of benzene rings is 2. The van der Waals surface area contributed by atoms with Gasteiger partial charge in [0.2, 0.25) is 12.3 Å². The van der Waals surface area contributed by atoms with Crippen molar-refractivity contribution in [1.29, 1.82) is 0 Å². The van der Waals surface area contributed by atoms with Gasteiger partial charge < -0.3 is 9.84 Å². The second-order valence-electron chi connectivity index (χ2n) is 7.78. The van der Waals surface area contributed by atoms with Gasteiger partial charge in [0, 0.05) is 31.6 Å². The first-order valence-electron chi connectivity index (χ1n) is 11.1. The number of hydrogen-bond acceptors (Lipinski definition) is 7. The van der Waals surface area contributed by atoms with E-state index in [9.17, 15) is 22.8 Å². The van der Waals surface area contributed by atoms with Crippen LogP contribution in [0.3, 0.4) is 0 Å².